The lowest BCUT2D eigenvalue weighted by Crippen LogP contribution is -2.40. The lowest BCUT2D eigenvalue weighted by atomic mass is 10.3. The van der Waals surface area contributed by atoms with Crippen LogP contribution < -0.4 is 0 Å². The summed E-state index contributed by atoms with van der Waals surface area (Å²) >= 11 is 0. The van der Waals surface area contributed by atoms with Crippen LogP contribution in [0.15, 0.2) is 24.2 Å². The second-order valence-electron chi connectivity index (χ2n) is 4.26. The molecule has 0 saturated carbocycles. The van der Waals surface area contributed by atoms with Gasteiger partial charge in [0.2, 0.25) is 0 Å². The lowest BCUT2D eigenvalue weighted by Gasteiger charge is -2.27. The van der Waals surface area contributed by atoms with E-state index < -0.39 is 0 Å². The molecule has 74 valence electrons. The molecule has 0 spiro atoms. The number of allylic oxidation sites excluding steroid dienone is 1. The van der Waals surface area contributed by atoms with E-state index in [-0.39, 0.29) is 0 Å². The number of ether oxygens (including phenoxy) is 1. The van der Waals surface area contributed by atoms with Crippen molar-refractivity contribution in [1.82, 2.24) is 0 Å². The molecule has 0 aliphatic carbocycles. The zero-order chi connectivity index (χ0) is 9.90. The molecule has 1 aliphatic rings. The highest BCUT2D eigenvalue weighted by Gasteiger charge is 2.30. The molecule has 2 heteroatoms. The molecular weight excluding hydrogens is 162 g/mol. The molecule has 0 aromatic carbocycles. The van der Waals surface area contributed by atoms with Crippen LogP contribution in [-0.4, -0.2) is 31.7 Å². The first kappa shape index (κ1) is 10.3. The molecule has 0 radical (unpaired) electrons. The average molecular weight is 182 g/mol. The number of quaternary nitrogens is 1. The van der Waals surface area contributed by atoms with E-state index in [9.17, 15) is 0 Å². The minimum atomic E-state index is 0.890. The molecule has 0 saturated heterocycles. The third-order valence-electron chi connectivity index (χ3n) is 2.25. The van der Waals surface area contributed by atoms with Crippen molar-refractivity contribution in [2.75, 3.05) is 27.2 Å². The SMILES string of the molecule is C=CCC1=C(C[N+](C)(C)CCC)O1. The van der Waals surface area contributed by atoms with Crippen LogP contribution in [0.1, 0.15) is 19.8 Å². The number of rotatable bonds is 6. The standard InChI is InChI=1S/C11H20NO/c1-5-7-10-11(13-10)9-12(3,4)8-6-2/h5H,1,6-9H2,2-4H3/q+1. The molecule has 0 atom stereocenters. The lowest BCUT2D eigenvalue weighted by molar-refractivity contribution is -0.886. The Hall–Kier alpha value is -0.760. The molecule has 1 rings (SSSR count). The van der Waals surface area contributed by atoms with Gasteiger partial charge in [-0.2, -0.15) is 0 Å². The normalized spacial score (nSPS) is 15.6. The summed E-state index contributed by atoms with van der Waals surface area (Å²) in [5.41, 5.74) is 0. The van der Waals surface area contributed by atoms with Gasteiger partial charge in [0.05, 0.1) is 20.6 Å². The molecule has 0 aromatic rings. The summed E-state index contributed by atoms with van der Waals surface area (Å²) in [6.07, 6.45) is 4.00. The first-order valence-electron chi connectivity index (χ1n) is 4.92. The quantitative estimate of drug-likeness (QED) is 0.453. The van der Waals surface area contributed by atoms with Gasteiger partial charge in [-0.15, -0.1) is 6.58 Å². The molecule has 0 bridgehead atoms. The maximum atomic E-state index is 5.39. The van der Waals surface area contributed by atoms with E-state index in [1.807, 2.05) is 6.08 Å². The van der Waals surface area contributed by atoms with Crippen LogP contribution in [0.25, 0.3) is 0 Å². The fraction of sp³-hybridized carbons (Fsp3) is 0.636. The topological polar surface area (TPSA) is 12.5 Å². The van der Waals surface area contributed by atoms with Gasteiger partial charge in [-0.3, -0.25) is 0 Å². The van der Waals surface area contributed by atoms with Gasteiger partial charge in [-0.1, -0.05) is 13.0 Å². The molecule has 0 amide bonds. The van der Waals surface area contributed by atoms with E-state index in [2.05, 4.69) is 27.6 Å². The maximum Gasteiger partial charge on any atom is 0.196 e. The van der Waals surface area contributed by atoms with E-state index in [0.29, 0.717) is 0 Å². The van der Waals surface area contributed by atoms with Crippen molar-refractivity contribution in [1.29, 1.82) is 0 Å². The van der Waals surface area contributed by atoms with Crippen LogP contribution in [-0.2, 0) is 4.74 Å². The predicted octanol–water partition coefficient (Wildman–Crippen LogP) is 2.29. The van der Waals surface area contributed by atoms with Gasteiger partial charge in [-0.05, 0) is 6.42 Å². The van der Waals surface area contributed by atoms with Crippen LogP contribution in [0.2, 0.25) is 0 Å². The Labute approximate surface area is 81.1 Å². The molecule has 1 heterocycles. The Kier molecular flexibility index (Phi) is 3.15. The van der Waals surface area contributed by atoms with Crippen LogP contribution in [0.5, 0.6) is 0 Å². The molecule has 0 unspecified atom stereocenters. The first-order chi connectivity index (χ1) is 6.09. The number of likely N-dealkylation sites (N-methyl/N-ethyl adjacent to an activating group) is 1. The van der Waals surface area contributed by atoms with Crippen LogP contribution in [0.4, 0.5) is 0 Å². The molecule has 0 aromatic heterocycles. The second kappa shape index (κ2) is 3.97. The Morgan fingerprint density at radius 2 is 2.08 bits per heavy atom. The Morgan fingerprint density at radius 1 is 1.38 bits per heavy atom. The maximum absolute atomic E-state index is 5.39. The van der Waals surface area contributed by atoms with Gasteiger partial charge in [0.15, 0.2) is 11.5 Å². The Morgan fingerprint density at radius 3 is 2.62 bits per heavy atom. The summed E-state index contributed by atoms with van der Waals surface area (Å²) in [5.74, 6) is 2.32. The average Bonchev–Trinajstić information content (AvgIpc) is 2.67. The third kappa shape index (κ3) is 3.23. The van der Waals surface area contributed by atoms with Crippen molar-refractivity contribution >= 4 is 0 Å². The third-order valence-corrected chi connectivity index (χ3v) is 2.25. The van der Waals surface area contributed by atoms with Gasteiger partial charge in [0.1, 0.15) is 6.54 Å². The van der Waals surface area contributed by atoms with E-state index in [0.717, 1.165) is 23.2 Å². The first-order valence-corrected chi connectivity index (χ1v) is 4.92. The predicted molar refractivity (Wildman–Crippen MR) is 55.1 cm³/mol. The van der Waals surface area contributed by atoms with Crippen molar-refractivity contribution in [3.8, 4) is 0 Å². The number of hydrogen-bond acceptors (Lipinski definition) is 1. The van der Waals surface area contributed by atoms with Crippen LogP contribution in [0.3, 0.4) is 0 Å². The minimum Gasteiger partial charge on any atom is -0.452 e. The van der Waals surface area contributed by atoms with Gasteiger partial charge in [0.25, 0.3) is 0 Å². The summed E-state index contributed by atoms with van der Waals surface area (Å²) in [6, 6.07) is 0. The zero-order valence-corrected chi connectivity index (χ0v) is 8.97. The van der Waals surface area contributed by atoms with Crippen molar-refractivity contribution in [2.24, 2.45) is 0 Å². The van der Waals surface area contributed by atoms with Crippen LogP contribution in [0, 0.1) is 0 Å². The summed E-state index contributed by atoms with van der Waals surface area (Å²) in [5, 5.41) is 0. The van der Waals surface area contributed by atoms with Gasteiger partial charge in [-0.25, -0.2) is 0 Å². The molecule has 1 aliphatic heterocycles. The molecule has 13 heavy (non-hydrogen) atoms. The molecular formula is C11H20NO+. The second-order valence-corrected chi connectivity index (χ2v) is 4.26. The van der Waals surface area contributed by atoms with Crippen molar-refractivity contribution in [2.45, 2.75) is 19.8 Å². The van der Waals surface area contributed by atoms with Gasteiger partial charge < -0.3 is 9.22 Å². The largest absolute Gasteiger partial charge is 0.452 e. The van der Waals surface area contributed by atoms with Crippen molar-refractivity contribution in [3.63, 3.8) is 0 Å². The Bertz CT molecular complexity index is 228. The van der Waals surface area contributed by atoms with Crippen molar-refractivity contribution < 1.29 is 9.22 Å². The minimum absolute atomic E-state index is 0.890. The summed E-state index contributed by atoms with van der Waals surface area (Å²) in [4.78, 5) is 0. The van der Waals surface area contributed by atoms with E-state index >= 15 is 0 Å². The Balaban J connectivity index is 2.37. The van der Waals surface area contributed by atoms with E-state index in [4.69, 9.17) is 4.74 Å². The van der Waals surface area contributed by atoms with Crippen LogP contribution >= 0.6 is 0 Å². The molecule has 0 fully saturated rings. The molecule has 0 N–H and O–H groups in total. The smallest absolute Gasteiger partial charge is 0.196 e. The fourth-order valence-electron chi connectivity index (χ4n) is 1.60. The highest BCUT2D eigenvalue weighted by atomic mass is 16.6. The summed E-state index contributed by atoms with van der Waals surface area (Å²) < 4.78 is 6.41. The summed E-state index contributed by atoms with van der Waals surface area (Å²) in [7, 11) is 4.48. The van der Waals surface area contributed by atoms with Crippen molar-refractivity contribution in [3.05, 3.63) is 24.2 Å². The molecule has 2 nitrogen and oxygen atoms in total. The highest BCUT2D eigenvalue weighted by Crippen LogP contribution is 2.30. The fourth-order valence-corrected chi connectivity index (χ4v) is 1.60. The highest BCUT2D eigenvalue weighted by molar-refractivity contribution is 5.20. The van der Waals surface area contributed by atoms with Gasteiger partial charge >= 0.3 is 0 Å². The number of nitrogens with zero attached hydrogens (tertiary/aromatic N) is 1. The summed E-state index contributed by atoms with van der Waals surface area (Å²) in [6.45, 7) is 8.13. The van der Waals surface area contributed by atoms with E-state index in [1.165, 1.54) is 18.7 Å². The van der Waals surface area contributed by atoms with E-state index in [1.54, 1.807) is 0 Å². The van der Waals surface area contributed by atoms with Gasteiger partial charge in [0, 0.05) is 6.42 Å². The monoisotopic (exact) mass is 182 g/mol. The zero-order valence-electron chi connectivity index (χ0n) is 8.97. The number of hydrogen-bond donors (Lipinski definition) is 0.